The molecule has 1 aliphatic carbocycles. The van der Waals surface area contributed by atoms with Crippen LogP contribution in [-0.2, 0) is 4.79 Å². The second-order valence-corrected chi connectivity index (χ2v) is 2.87. The summed E-state index contributed by atoms with van der Waals surface area (Å²) in [5, 5.41) is 0. The summed E-state index contributed by atoms with van der Waals surface area (Å²) in [7, 11) is 0. The van der Waals surface area contributed by atoms with Crippen molar-refractivity contribution in [3.05, 3.63) is 23.3 Å². The molecule has 0 amide bonds. The summed E-state index contributed by atoms with van der Waals surface area (Å²) in [6.07, 6.45) is 2.19. The number of rotatable bonds is 2. The molecule has 0 fully saturated rings. The van der Waals surface area contributed by atoms with Crippen molar-refractivity contribution < 1.29 is 13.6 Å². The maximum Gasteiger partial charge on any atom is 0.157 e. The van der Waals surface area contributed by atoms with Crippen LogP contribution in [0.1, 0.15) is 26.2 Å². The Hall–Kier alpha value is -0.990. The fourth-order valence-electron chi connectivity index (χ4n) is 1.16. The Morgan fingerprint density at radius 3 is 2.83 bits per heavy atom. The minimum atomic E-state index is -0.837. The summed E-state index contributed by atoms with van der Waals surface area (Å²) in [6, 6.07) is 0. The highest BCUT2D eigenvalue weighted by molar-refractivity contribution is 5.79. The third kappa shape index (κ3) is 2.00. The summed E-state index contributed by atoms with van der Waals surface area (Å²) in [5.41, 5.74) is 0.200. The molecule has 0 spiro atoms. The molecule has 0 bridgehead atoms. The molecule has 0 saturated heterocycles. The van der Waals surface area contributed by atoms with Crippen molar-refractivity contribution in [2.24, 2.45) is 0 Å². The van der Waals surface area contributed by atoms with E-state index >= 15 is 0 Å². The maximum absolute atomic E-state index is 12.9. The Kier molecular flexibility index (Phi) is 2.74. The molecule has 66 valence electrons. The minimum Gasteiger partial charge on any atom is -0.300 e. The summed E-state index contributed by atoms with van der Waals surface area (Å²) in [4.78, 5) is 10.6. The van der Waals surface area contributed by atoms with Crippen LogP contribution in [0.3, 0.4) is 0 Å². The predicted molar refractivity (Wildman–Crippen MR) is 41.9 cm³/mol. The van der Waals surface area contributed by atoms with Crippen LogP contribution < -0.4 is 0 Å². The van der Waals surface area contributed by atoms with E-state index in [-0.39, 0.29) is 24.2 Å². The highest BCUT2D eigenvalue weighted by Gasteiger charge is 2.16. The molecule has 0 saturated carbocycles. The fourth-order valence-corrected chi connectivity index (χ4v) is 1.16. The Morgan fingerprint density at radius 1 is 1.58 bits per heavy atom. The van der Waals surface area contributed by atoms with Gasteiger partial charge < -0.3 is 0 Å². The third-order valence-electron chi connectivity index (χ3n) is 1.71. The zero-order valence-corrected chi connectivity index (χ0v) is 6.86. The molecule has 1 rings (SSSR count). The number of allylic oxidation sites excluding steroid dienone is 4. The molecule has 12 heavy (non-hydrogen) atoms. The standard InChI is InChI=1S/C9H10F2O/c1-6(12)5-7-3-2-4-8(10)9(7)11/h3H,2,4-5H2,1H3. The lowest BCUT2D eigenvalue weighted by Crippen LogP contribution is -1.99. The van der Waals surface area contributed by atoms with Gasteiger partial charge >= 0.3 is 0 Å². The van der Waals surface area contributed by atoms with E-state index < -0.39 is 11.7 Å². The molecule has 0 N–H and O–H groups in total. The normalized spacial score (nSPS) is 17.8. The zero-order chi connectivity index (χ0) is 9.14. The highest BCUT2D eigenvalue weighted by atomic mass is 19.2. The van der Waals surface area contributed by atoms with Gasteiger partial charge in [0.1, 0.15) is 11.6 Å². The molecule has 0 aromatic rings. The Morgan fingerprint density at radius 2 is 2.25 bits per heavy atom. The molecule has 0 atom stereocenters. The van der Waals surface area contributed by atoms with Crippen molar-refractivity contribution in [2.75, 3.05) is 0 Å². The van der Waals surface area contributed by atoms with E-state index in [2.05, 4.69) is 0 Å². The predicted octanol–water partition coefficient (Wildman–Crippen LogP) is 2.84. The quantitative estimate of drug-likeness (QED) is 0.625. The molecular weight excluding hydrogens is 162 g/mol. The second-order valence-electron chi connectivity index (χ2n) is 2.87. The van der Waals surface area contributed by atoms with Crippen LogP contribution in [0.15, 0.2) is 23.3 Å². The van der Waals surface area contributed by atoms with E-state index in [0.717, 1.165) is 0 Å². The first kappa shape index (κ1) is 9.10. The van der Waals surface area contributed by atoms with Crippen molar-refractivity contribution in [3.63, 3.8) is 0 Å². The van der Waals surface area contributed by atoms with E-state index in [4.69, 9.17) is 0 Å². The molecule has 0 aliphatic heterocycles. The Bertz CT molecular complexity index is 264. The first-order valence-electron chi connectivity index (χ1n) is 3.84. The molecular formula is C9H10F2O. The maximum atomic E-state index is 12.9. The summed E-state index contributed by atoms with van der Waals surface area (Å²) < 4.78 is 25.5. The molecule has 3 heteroatoms. The smallest absolute Gasteiger partial charge is 0.157 e. The number of hydrogen-bond acceptors (Lipinski definition) is 1. The van der Waals surface area contributed by atoms with Gasteiger partial charge in [-0.15, -0.1) is 0 Å². The van der Waals surface area contributed by atoms with E-state index in [1.165, 1.54) is 6.92 Å². The molecule has 0 radical (unpaired) electrons. The van der Waals surface area contributed by atoms with Crippen LogP contribution in [0, 0.1) is 0 Å². The van der Waals surface area contributed by atoms with Crippen molar-refractivity contribution in [3.8, 4) is 0 Å². The summed E-state index contributed by atoms with van der Waals surface area (Å²) in [6.45, 7) is 1.36. The monoisotopic (exact) mass is 172 g/mol. The van der Waals surface area contributed by atoms with E-state index in [0.29, 0.717) is 6.42 Å². The van der Waals surface area contributed by atoms with E-state index in [9.17, 15) is 13.6 Å². The number of ketones is 1. The van der Waals surface area contributed by atoms with Gasteiger partial charge in [-0.05, 0) is 18.9 Å². The summed E-state index contributed by atoms with van der Waals surface area (Å²) in [5.74, 6) is -1.71. The van der Waals surface area contributed by atoms with Crippen LogP contribution in [0.4, 0.5) is 8.78 Å². The topological polar surface area (TPSA) is 17.1 Å². The molecule has 0 unspecified atom stereocenters. The molecule has 0 heterocycles. The Balaban J connectivity index is 2.77. The van der Waals surface area contributed by atoms with Gasteiger partial charge in [0.05, 0.1) is 0 Å². The van der Waals surface area contributed by atoms with Gasteiger partial charge in [-0.2, -0.15) is 0 Å². The van der Waals surface area contributed by atoms with Gasteiger partial charge in [-0.1, -0.05) is 6.08 Å². The second kappa shape index (κ2) is 3.61. The van der Waals surface area contributed by atoms with Crippen molar-refractivity contribution >= 4 is 5.78 Å². The van der Waals surface area contributed by atoms with Crippen LogP contribution in [-0.4, -0.2) is 5.78 Å². The van der Waals surface area contributed by atoms with Crippen LogP contribution in [0.2, 0.25) is 0 Å². The Labute approximate surface area is 69.8 Å². The molecule has 1 nitrogen and oxygen atoms in total. The lowest BCUT2D eigenvalue weighted by atomic mass is 10.0. The number of hydrogen-bond donors (Lipinski definition) is 0. The minimum absolute atomic E-state index is 0.000741. The van der Waals surface area contributed by atoms with Crippen LogP contribution >= 0.6 is 0 Å². The van der Waals surface area contributed by atoms with Gasteiger partial charge in [-0.25, -0.2) is 8.78 Å². The first-order valence-corrected chi connectivity index (χ1v) is 3.84. The van der Waals surface area contributed by atoms with Crippen LogP contribution in [0.5, 0.6) is 0 Å². The summed E-state index contributed by atoms with van der Waals surface area (Å²) >= 11 is 0. The van der Waals surface area contributed by atoms with E-state index in [1.54, 1.807) is 6.08 Å². The number of Topliss-reactive ketones (excluding diaryl/α,β-unsaturated/α-hetero) is 1. The van der Waals surface area contributed by atoms with Crippen molar-refractivity contribution in [1.82, 2.24) is 0 Å². The highest BCUT2D eigenvalue weighted by Crippen LogP contribution is 2.28. The van der Waals surface area contributed by atoms with Gasteiger partial charge in [0.2, 0.25) is 0 Å². The SMILES string of the molecule is CC(=O)CC1=CCCC(F)=C1F. The zero-order valence-electron chi connectivity index (χ0n) is 6.86. The lowest BCUT2D eigenvalue weighted by Gasteiger charge is -2.09. The number of carbonyl (C=O) groups is 1. The number of halogens is 2. The van der Waals surface area contributed by atoms with Gasteiger partial charge in [0.15, 0.2) is 5.83 Å². The molecule has 0 aromatic heterocycles. The first-order chi connectivity index (χ1) is 5.61. The van der Waals surface area contributed by atoms with Crippen LogP contribution in [0.25, 0.3) is 0 Å². The molecule has 0 aromatic carbocycles. The van der Waals surface area contributed by atoms with Crippen molar-refractivity contribution in [1.29, 1.82) is 0 Å². The van der Waals surface area contributed by atoms with Gasteiger partial charge in [0, 0.05) is 12.8 Å². The van der Waals surface area contributed by atoms with Gasteiger partial charge in [0.25, 0.3) is 0 Å². The molecule has 1 aliphatic rings. The van der Waals surface area contributed by atoms with Gasteiger partial charge in [-0.3, -0.25) is 4.79 Å². The number of carbonyl (C=O) groups excluding carboxylic acids is 1. The largest absolute Gasteiger partial charge is 0.300 e. The third-order valence-corrected chi connectivity index (χ3v) is 1.71. The lowest BCUT2D eigenvalue weighted by molar-refractivity contribution is -0.116. The van der Waals surface area contributed by atoms with Crippen molar-refractivity contribution in [2.45, 2.75) is 26.2 Å². The fraction of sp³-hybridized carbons (Fsp3) is 0.444. The average molecular weight is 172 g/mol. The van der Waals surface area contributed by atoms with E-state index in [1.807, 2.05) is 0 Å². The average Bonchev–Trinajstić information content (AvgIpc) is 1.98.